The molecular formula is C10H15N3O2S. The Bertz CT molecular complexity index is 525. The van der Waals surface area contributed by atoms with Gasteiger partial charge in [0.05, 0.1) is 0 Å². The van der Waals surface area contributed by atoms with Gasteiger partial charge in [0.15, 0.2) is 9.84 Å². The maximum absolute atomic E-state index is 11.4. The Labute approximate surface area is 95.0 Å². The molecule has 1 unspecified atom stereocenters. The quantitative estimate of drug-likeness (QED) is 0.821. The lowest BCUT2D eigenvalue weighted by Crippen LogP contribution is -2.14. The average molecular weight is 241 g/mol. The van der Waals surface area contributed by atoms with Crippen LogP contribution in [0.5, 0.6) is 0 Å². The van der Waals surface area contributed by atoms with E-state index in [0.717, 1.165) is 30.5 Å². The van der Waals surface area contributed by atoms with Crippen LogP contribution in [0.3, 0.4) is 0 Å². The van der Waals surface area contributed by atoms with E-state index in [-0.39, 0.29) is 0 Å². The van der Waals surface area contributed by atoms with Gasteiger partial charge in [0.1, 0.15) is 16.9 Å². The fraction of sp³-hybridized carbons (Fsp3) is 0.600. The molecule has 2 rings (SSSR count). The van der Waals surface area contributed by atoms with Gasteiger partial charge in [-0.1, -0.05) is 0 Å². The number of nitrogens with zero attached hydrogens (tertiary/aromatic N) is 2. The molecule has 0 aliphatic heterocycles. The molecule has 0 spiro atoms. The second-order valence-corrected chi connectivity index (χ2v) is 6.58. The SMILES string of the molecule is CC(c1nc(N)c2c(n1)CCC2)S(C)(=O)=O. The van der Waals surface area contributed by atoms with Crippen LogP contribution in [0.15, 0.2) is 0 Å². The van der Waals surface area contributed by atoms with Gasteiger partial charge in [0.25, 0.3) is 0 Å². The van der Waals surface area contributed by atoms with E-state index in [2.05, 4.69) is 9.97 Å². The molecule has 6 heteroatoms. The third-order valence-corrected chi connectivity index (χ3v) is 4.48. The van der Waals surface area contributed by atoms with Crippen molar-refractivity contribution >= 4 is 15.7 Å². The Morgan fingerprint density at radius 1 is 1.31 bits per heavy atom. The van der Waals surface area contributed by atoms with Gasteiger partial charge in [-0.25, -0.2) is 18.4 Å². The number of sulfone groups is 1. The molecule has 1 atom stereocenters. The summed E-state index contributed by atoms with van der Waals surface area (Å²) in [5.74, 6) is 0.758. The van der Waals surface area contributed by atoms with Crippen molar-refractivity contribution < 1.29 is 8.42 Å². The van der Waals surface area contributed by atoms with Crippen molar-refractivity contribution in [3.8, 4) is 0 Å². The number of aromatic nitrogens is 2. The predicted octanol–water partition coefficient (Wildman–Crippen LogP) is 0.653. The molecule has 88 valence electrons. The molecule has 0 radical (unpaired) electrons. The first-order valence-electron chi connectivity index (χ1n) is 5.23. The summed E-state index contributed by atoms with van der Waals surface area (Å²) in [5.41, 5.74) is 7.71. The van der Waals surface area contributed by atoms with Crippen LogP contribution in [0.25, 0.3) is 0 Å². The molecule has 1 aromatic heterocycles. The Balaban J connectivity index is 2.49. The third-order valence-electron chi connectivity index (χ3n) is 2.99. The smallest absolute Gasteiger partial charge is 0.157 e. The molecule has 0 aromatic carbocycles. The number of nitrogen functional groups attached to an aromatic ring is 1. The normalized spacial score (nSPS) is 17.1. The van der Waals surface area contributed by atoms with Gasteiger partial charge in [0.2, 0.25) is 0 Å². The van der Waals surface area contributed by atoms with Crippen LogP contribution in [-0.4, -0.2) is 24.6 Å². The molecule has 1 aliphatic carbocycles. The highest BCUT2D eigenvalue weighted by molar-refractivity contribution is 7.90. The lowest BCUT2D eigenvalue weighted by molar-refractivity contribution is 0.589. The second kappa shape index (κ2) is 3.69. The topological polar surface area (TPSA) is 85.9 Å². The van der Waals surface area contributed by atoms with Crippen LogP contribution in [0.1, 0.15) is 35.7 Å². The minimum Gasteiger partial charge on any atom is -0.383 e. The first-order chi connectivity index (χ1) is 7.39. The number of anilines is 1. The maximum Gasteiger partial charge on any atom is 0.157 e. The van der Waals surface area contributed by atoms with E-state index in [1.807, 2.05) is 0 Å². The van der Waals surface area contributed by atoms with E-state index >= 15 is 0 Å². The zero-order chi connectivity index (χ0) is 11.9. The molecule has 0 fully saturated rings. The summed E-state index contributed by atoms with van der Waals surface area (Å²) in [7, 11) is -3.17. The van der Waals surface area contributed by atoms with E-state index in [9.17, 15) is 8.42 Å². The van der Waals surface area contributed by atoms with Crippen molar-refractivity contribution in [3.05, 3.63) is 17.1 Å². The second-order valence-electron chi connectivity index (χ2n) is 4.22. The van der Waals surface area contributed by atoms with Crippen LogP contribution in [-0.2, 0) is 22.7 Å². The number of fused-ring (bicyclic) bond motifs is 1. The number of aryl methyl sites for hydroxylation is 1. The number of nitrogens with two attached hydrogens (primary N) is 1. The van der Waals surface area contributed by atoms with Crippen molar-refractivity contribution in [1.29, 1.82) is 0 Å². The summed E-state index contributed by atoms with van der Waals surface area (Å²) in [4.78, 5) is 8.41. The van der Waals surface area contributed by atoms with Gasteiger partial charge in [0, 0.05) is 17.5 Å². The third kappa shape index (κ3) is 1.89. The Hall–Kier alpha value is -1.17. The summed E-state index contributed by atoms with van der Waals surface area (Å²) in [6, 6.07) is 0. The van der Waals surface area contributed by atoms with Crippen molar-refractivity contribution in [2.75, 3.05) is 12.0 Å². The van der Waals surface area contributed by atoms with Crippen LogP contribution >= 0.6 is 0 Å². The summed E-state index contributed by atoms with van der Waals surface area (Å²) >= 11 is 0. The average Bonchev–Trinajstić information content (AvgIpc) is 2.63. The highest BCUT2D eigenvalue weighted by Crippen LogP contribution is 2.27. The molecule has 0 bridgehead atoms. The fourth-order valence-corrected chi connectivity index (χ4v) is 2.34. The Morgan fingerprint density at radius 3 is 2.62 bits per heavy atom. The van der Waals surface area contributed by atoms with Crippen LogP contribution in [0, 0.1) is 0 Å². The molecule has 2 N–H and O–H groups in total. The summed E-state index contributed by atoms with van der Waals surface area (Å²) in [5, 5.41) is -0.694. The summed E-state index contributed by atoms with van der Waals surface area (Å²) in [6.45, 7) is 1.59. The van der Waals surface area contributed by atoms with Gasteiger partial charge < -0.3 is 5.73 Å². The highest BCUT2D eigenvalue weighted by atomic mass is 32.2. The molecule has 16 heavy (non-hydrogen) atoms. The zero-order valence-corrected chi connectivity index (χ0v) is 10.2. The summed E-state index contributed by atoms with van der Waals surface area (Å²) in [6.07, 6.45) is 3.97. The van der Waals surface area contributed by atoms with Crippen molar-refractivity contribution in [1.82, 2.24) is 9.97 Å². The lowest BCUT2D eigenvalue weighted by atomic mass is 10.2. The number of hydrogen-bond donors (Lipinski definition) is 1. The largest absolute Gasteiger partial charge is 0.383 e. The van der Waals surface area contributed by atoms with E-state index < -0.39 is 15.1 Å². The van der Waals surface area contributed by atoms with E-state index in [1.54, 1.807) is 6.92 Å². The van der Waals surface area contributed by atoms with Gasteiger partial charge >= 0.3 is 0 Å². The minimum absolute atomic E-state index is 0.320. The molecular weight excluding hydrogens is 226 g/mol. The standard InChI is InChI=1S/C10H15N3O2S/c1-6(16(2,14)15)10-12-8-5-3-4-7(8)9(11)13-10/h6H,3-5H2,1-2H3,(H2,11,12,13). The van der Waals surface area contributed by atoms with Gasteiger partial charge in [-0.15, -0.1) is 0 Å². The van der Waals surface area contributed by atoms with E-state index in [0.29, 0.717) is 11.6 Å². The minimum atomic E-state index is -3.17. The van der Waals surface area contributed by atoms with E-state index in [4.69, 9.17) is 5.73 Å². The number of rotatable bonds is 2. The molecule has 1 aromatic rings. The molecule has 0 amide bonds. The fourth-order valence-electron chi connectivity index (χ4n) is 1.85. The Kier molecular flexibility index (Phi) is 2.61. The first kappa shape index (κ1) is 11.3. The summed E-state index contributed by atoms with van der Waals surface area (Å²) < 4.78 is 22.8. The van der Waals surface area contributed by atoms with Gasteiger partial charge in [-0.3, -0.25) is 0 Å². The van der Waals surface area contributed by atoms with Crippen LogP contribution in [0.4, 0.5) is 5.82 Å². The number of hydrogen-bond acceptors (Lipinski definition) is 5. The first-order valence-corrected chi connectivity index (χ1v) is 7.19. The Morgan fingerprint density at radius 2 is 2.00 bits per heavy atom. The molecule has 0 saturated heterocycles. The monoisotopic (exact) mass is 241 g/mol. The van der Waals surface area contributed by atoms with Crippen molar-refractivity contribution in [3.63, 3.8) is 0 Å². The molecule has 5 nitrogen and oxygen atoms in total. The maximum atomic E-state index is 11.4. The van der Waals surface area contributed by atoms with E-state index in [1.165, 1.54) is 6.26 Å². The zero-order valence-electron chi connectivity index (χ0n) is 9.40. The van der Waals surface area contributed by atoms with Gasteiger partial charge in [-0.2, -0.15) is 0 Å². The highest BCUT2D eigenvalue weighted by Gasteiger charge is 2.24. The molecule has 0 saturated carbocycles. The van der Waals surface area contributed by atoms with Crippen molar-refractivity contribution in [2.24, 2.45) is 0 Å². The molecule has 1 heterocycles. The predicted molar refractivity (Wildman–Crippen MR) is 61.7 cm³/mol. The molecule has 1 aliphatic rings. The van der Waals surface area contributed by atoms with Crippen LogP contribution in [0.2, 0.25) is 0 Å². The van der Waals surface area contributed by atoms with Crippen LogP contribution < -0.4 is 5.73 Å². The van der Waals surface area contributed by atoms with Crippen molar-refractivity contribution in [2.45, 2.75) is 31.4 Å². The van der Waals surface area contributed by atoms with Gasteiger partial charge in [-0.05, 0) is 26.2 Å². The lowest BCUT2D eigenvalue weighted by Gasteiger charge is -2.11.